The molecule has 0 amide bonds. The number of hydrogen-bond acceptors (Lipinski definition) is 3. The first kappa shape index (κ1) is 15.4. The molecule has 5 rings (SSSR count). The van der Waals surface area contributed by atoms with E-state index >= 15 is 0 Å². The van der Waals surface area contributed by atoms with Gasteiger partial charge in [0.05, 0.1) is 17.4 Å². The highest BCUT2D eigenvalue weighted by atomic mass is 32.1. The van der Waals surface area contributed by atoms with Gasteiger partial charge in [-0.2, -0.15) is 16.4 Å². The number of thiophene rings is 1. The van der Waals surface area contributed by atoms with Gasteiger partial charge in [-0.1, -0.05) is 54.6 Å². The molecule has 1 aliphatic rings. The van der Waals surface area contributed by atoms with E-state index in [0.717, 1.165) is 17.8 Å². The summed E-state index contributed by atoms with van der Waals surface area (Å²) in [6, 6.07) is 28.1. The lowest BCUT2D eigenvalue weighted by Crippen LogP contribution is -2.17. The standard InChI is InChI=1S/C23H18N2S/c1-2-8-21(9-3-1)25-23(20-12-13-26-16-20)15-22(24-25)19-11-10-17-6-4-5-7-18(17)14-19/h1-14,16,23H,15H2. The smallest absolute Gasteiger partial charge is 0.0839 e. The van der Waals surface area contributed by atoms with Crippen LogP contribution in [0.2, 0.25) is 0 Å². The summed E-state index contributed by atoms with van der Waals surface area (Å²) in [6.45, 7) is 0. The van der Waals surface area contributed by atoms with Crippen molar-refractivity contribution in [3.63, 3.8) is 0 Å². The molecule has 2 heterocycles. The van der Waals surface area contributed by atoms with Gasteiger partial charge in [0.15, 0.2) is 0 Å². The molecule has 0 N–H and O–H groups in total. The molecule has 0 radical (unpaired) electrons. The Bertz CT molecular complexity index is 1070. The molecular formula is C23H18N2S. The second-order valence-electron chi connectivity index (χ2n) is 6.57. The molecule has 2 nitrogen and oxygen atoms in total. The summed E-state index contributed by atoms with van der Waals surface area (Å²) in [5.41, 5.74) is 4.83. The van der Waals surface area contributed by atoms with Gasteiger partial charge in [-0.25, -0.2) is 0 Å². The van der Waals surface area contributed by atoms with Crippen molar-refractivity contribution < 1.29 is 0 Å². The summed E-state index contributed by atoms with van der Waals surface area (Å²) in [4.78, 5) is 0. The van der Waals surface area contributed by atoms with E-state index in [2.05, 4.69) is 88.6 Å². The van der Waals surface area contributed by atoms with Crippen molar-refractivity contribution in [1.82, 2.24) is 0 Å². The second kappa shape index (κ2) is 6.43. The zero-order chi connectivity index (χ0) is 17.3. The average molecular weight is 354 g/mol. The van der Waals surface area contributed by atoms with E-state index in [9.17, 15) is 0 Å². The highest BCUT2D eigenvalue weighted by Gasteiger charge is 2.30. The first-order valence-corrected chi connectivity index (χ1v) is 9.76. The van der Waals surface area contributed by atoms with Crippen LogP contribution in [0.3, 0.4) is 0 Å². The lowest BCUT2D eigenvalue weighted by molar-refractivity contribution is 0.712. The van der Waals surface area contributed by atoms with Gasteiger partial charge in [0, 0.05) is 6.42 Å². The monoisotopic (exact) mass is 354 g/mol. The second-order valence-corrected chi connectivity index (χ2v) is 7.35. The van der Waals surface area contributed by atoms with E-state index in [-0.39, 0.29) is 6.04 Å². The molecule has 0 saturated carbocycles. The molecule has 126 valence electrons. The highest BCUT2D eigenvalue weighted by Crippen LogP contribution is 2.37. The molecule has 26 heavy (non-hydrogen) atoms. The molecule has 0 saturated heterocycles. The number of hydrazone groups is 1. The van der Waals surface area contributed by atoms with E-state index in [1.165, 1.54) is 21.9 Å². The molecule has 0 aliphatic carbocycles. The number of nitrogens with zero attached hydrogens (tertiary/aromatic N) is 2. The predicted molar refractivity (Wildman–Crippen MR) is 111 cm³/mol. The fourth-order valence-electron chi connectivity index (χ4n) is 3.60. The molecule has 0 fully saturated rings. The largest absolute Gasteiger partial charge is 0.257 e. The Morgan fingerprint density at radius 2 is 1.65 bits per heavy atom. The summed E-state index contributed by atoms with van der Waals surface area (Å²) < 4.78 is 0. The molecule has 1 aromatic heterocycles. The molecule has 1 aliphatic heterocycles. The van der Waals surface area contributed by atoms with E-state index in [4.69, 9.17) is 5.10 Å². The lowest BCUT2D eigenvalue weighted by Gasteiger charge is -2.22. The topological polar surface area (TPSA) is 15.6 Å². The Kier molecular flexibility index (Phi) is 3.80. The van der Waals surface area contributed by atoms with E-state index in [1.807, 2.05) is 6.07 Å². The van der Waals surface area contributed by atoms with Gasteiger partial charge < -0.3 is 0 Å². The molecular weight excluding hydrogens is 336 g/mol. The molecule has 3 heteroatoms. The van der Waals surface area contributed by atoms with Crippen molar-refractivity contribution >= 4 is 33.5 Å². The Morgan fingerprint density at radius 3 is 2.46 bits per heavy atom. The maximum atomic E-state index is 5.03. The van der Waals surface area contributed by atoms with Crippen LogP contribution >= 0.6 is 11.3 Å². The SMILES string of the molecule is c1ccc(N2N=C(c3ccc4ccccc4c3)CC2c2ccsc2)cc1. The van der Waals surface area contributed by atoms with Gasteiger partial charge in [-0.3, -0.25) is 5.01 Å². The van der Waals surface area contributed by atoms with Gasteiger partial charge in [0.1, 0.15) is 0 Å². The van der Waals surface area contributed by atoms with Crippen molar-refractivity contribution in [3.05, 3.63) is 101 Å². The summed E-state index contributed by atoms with van der Waals surface area (Å²) in [5, 5.41) is 14.1. The van der Waals surface area contributed by atoms with Crippen LogP contribution < -0.4 is 5.01 Å². The molecule has 3 aromatic carbocycles. The zero-order valence-electron chi connectivity index (χ0n) is 14.2. The van der Waals surface area contributed by atoms with Crippen LogP contribution in [-0.2, 0) is 0 Å². The molecule has 0 bridgehead atoms. The van der Waals surface area contributed by atoms with Gasteiger partial charge in [0.25, 0.3) is 0 Å². The number of rotatable bonds is 3. The fraction of sp³-hybridized carbons (Fsp3) is 0.0870. The normalized spacial score (nSPS) is 16.8. The van der Waals surface area contributed by atoms with Crippen LogP contribution in [0.15, 0.2) is 94.7 Å². The van der Waals surface area contributed by atoms with E-state index in [1.54, 1.807) is 11.3 Å². The number of benzene rings is 3. The third-order valence-electron chi connectivity index (χ3n) is 4.94. The minimum absolute atomic E-state index is 0.255. The van der Waals surface area contributed by atoms with Gasteiger partial charge in [0.2, 0.25) is 0 Å². The Balaban J connectivity index is 1.58. The Morgan fingerprint density at radius 1 is 0.846 bits per heavy atom. The third-order valence-corrected chi connectivity index (χ3v) is 5.64. The third kappa shape index (κ3) is 2.71. The van der Waals surface area contributed by atoms with E-state index < -0.39 is 0 Å². The van der Waals surface area contributed by atoms with Crippen molar-refractivity contribution in [2.75, 3.05) is 5.01 Å². The molecule has 0 spiro atoms. The minimum Gasteiger partial charge on any atom is -0.257 e. The summed E-state index contributed by atoms with van der Waals surface area (Å²) in [5.74, 6) is 0. The lowest BCUT2D eigenvalue weighted by atomic mass is 9.98. The number of para-hydroxylation sites is 1. The van der Waals surface area contributed by atoms with Crippen LogP contribution in [0, 0.1) is 0 Å². The van der Waals surface area contributed by atoms with Crippen molar-refractivity contribution in [2.24, 2.45) is 5.10 Å². The molecule has 1 atom stereocenters. The maximum absolute atomic E-state index is 5.03. The Hall–Kier alpha value is -2.91. The van der Waals surface area contributed by atoms with Crippen LogP contribution in [-0.4, -0.2) is 5.71 Å². The van der Waals surface area contributed by atoms with Crippen LogP contribution in [0.25, 0.3) is 10.8 Å². The van der Waals surface area contributed by atoms with Gasteiger partial charge >= 0.3 is 0 Å². The Labute approximate surface area is 157 Å². The van der Waals surface area contributed by atoms with Crippen LogP contribution in [0.4, 0.5) is 5.69 Å². The molecule has 4 aromatic rings. The minimum atomic E-state index is 0.255. The van der Waals surface area contributed by atoms with Crippen LogP contribution in [0.1, 0.15) is 23.6 Å². The number of hydrogen-bond donors (Lipinski definition) is 0. The number of anilines is 1. The van der Waals surface area contributed by atoms with Crippen molar-refractivity contribution in [1.29, 1.82) is 0 Å². The van der Waals surface area contributed by atoms with Crippen molar-refractivity contribution in [2.45, 2.75) is 12.5 Å². The fourth-order valence-corrected chi connectivity index (χ4v) is 4.30. The van der Waals surface area contributed by atoms with Gasteiger partial charge in [-0.05, 0) is 56.9 Å². The average Bonchev–Trinajstić information content (AvgIpc) is 3.38. The van der Waals surface area contributed by atoms with E-state index in [0.29, 0.717) is 0 Å². The molecule has 1 unspecified atom stereocenters. The zero-order valence-corrected chi connectivity index (χ0v) is 15.1. The van der Waals surface area contributed by atoms with Crippen molar-refractivity contribution in [3.8, 4) is 0 Å². The summed E-state index contributed by atoms with van der Waals surface area (Å²) in [7, 11) is 0. The summed E-state index contributed by atoms with van der Waals surface area (Å²) in [6.07, 6.45) is 0.921. The number of fused-ring (bicyclic) bond motifs is 1. The quantitative estimate of drug-likeness (QED) is 0.424. The maximum Gasteiger partial charge on any atom is 0.0839 e. The van der Waals surface area contributed by atoms with Gasteiger partial charge in [-0.15, -0.1) is 0 Å². The summed E-state index contributed by atoms with van der Waals surface area (Å²) >= 11 is 1.74. The van der Waals surface area contributed by atoms with Crippen LogP contribution in [0.5, 0.6) is 0 Å². The first-order valence-electron chi connectivity index (χ1n) is 8.81. The first-order chi connectivity index (χ1) is 12.9. The predicted octanol–water partition coefficient (Wildman–Crippen LogP) is 6.26. The highest BCUT2D eigenvalue weighted by molar-refractivity contribution is 7.08.